The molecule has 3 saturated carbocycles. The zero-order chi connectivity index (χ0) is 15.9. The minimum atomic E-state index is -0.170. The van der Waals surface area contributed by atoms with E-state index in [4.69, 9.17) is 0 Å². The Balaban J connectivity index is 1.65. The Kier molecular flexibility index (Phi) is 1.61. The number of benzene rings is 1. The number of aromatic nitrogens is 3. The monoisotopic (exact) mass is 309 g/mol. The SMILES string of the molecule is C[C@]12C[C@@H]3[C@H]4[C@@H](n5c(=O)n(-c6ccccc6)c(=O)n53)[C@@]1(C)[C@@]42C. The van der Waals surface area contributed by atoms with Gasteiger partial charge in [-0.25, -0.2) is 23.5 Å². The molecule has 0 N–H and O–H groups in total. The third kappa shape index (κ3) is 0.832. The first-order valence-corrected chi connectivity index (χ1v) is 8.41. The fourth-order valence-electron chi connectivity index (χ4n) is 7.24. The molecule has 1 aromatic carbocycles. The topological polar surface area (TPSA) is 48.9 Å². The number of para-hydroxylation sites is 1. The van der Waals surface area contributed by atoms with Gasteiger partial charge < -0.3 is 0 Å². The van der Waals surface area contributed by atoms with Crippen LogP contribution in [0.2, 0.25) is 0 Å². The fraction of sp³-hybridized carbons (Fsp3) is 0.556. The molecule has 6 atom stereocenters. The van der Waals surface area contributed by atoms with Crippen molar-refractivity contribution in [3.05, 3.63) is 51.3 Å². The van der Waals surface area contributed by atoms with Crippen LogP contribution in [-0.2, 0) is 0 Å². The number of fused-ring (bicyclic) bond motifs is 5. The van der Waals surface area contributed by atoms with Crippen molar-refractivity contribution < 1.29 is 0 Å². The van der Waals surface area contributed by atoms with Gasteiger partial charge in [0.2, 0.25) is 0 Å². The van der Waals surface area contributed by atoms with Crippen LogP contribution < -0.4 is 11.4 Å². The first kappa shape index (κ1) is 12.4. The highest BCUT2D eigenvalue weighted by atomic mass is 16.2. The number of hydrogen-bond donors (Lipinski definition) is 0. The highest BCUT2D eigenvalue weighted by Gasteiger charge is 2.99. The van der Waals surface area contributed by atoms with Gasteiger partial charge in [0.1, 0.15) is 0 Å². The van der Waals surface area contributed by atoms with E-state index >= 15 is 0 Å². The van der Waals surface area contributed by atoms with Crippen molar-refractivity contribution in [2.45, 2.75) is 39.3 Å². The van der Waals surface area contributed by atoms with Crippen LogP contribution in [0.3, 0.4) is 0 Å². The lowest BCUT2D eigenvalue weighted by Gasteiger charge is -2.45. The van der Waals surface area contributed by atoms with E-state index in [2.05, 4.69) is 20.8 Å². The molecule has 2 aromatic rings. The Labute approximate surface area is 133 Å². The van der Waals surface area contributed by atoms with Gasteiger partial charge in [-0.3, -0.25) is 0 Å². The molecule has 0 unspecified atom stereocenters. The number of rotatable bonds is 1. The normalized spacial score (nSPS) is 47.2. The Bertz CT molecular complexity index is 1010. The van der Waals surface area contributed by atoms with Crippen molar-refractivity contribution in [3.63, 3.8) is 0 Å². The lowest BCUT2D eigenvalue weighted by molar-refractivity contribution is 0.0140. The van der Waals surface area contributed by atoms with Crippen LogP contribution in [0.4, 0.5) is 0 Å². The van der Waals surface area contributed by atoms with Crippen LogP contribution >= 0.6 is 0 Å². The molecule has 0 bridgehead atoms. The highest BCUT2D eigenvalue weighted by molar-refractivity contribution is 5.46. The van der Waals surface area contributed by atoms with Gasteiger partial charge in [0.25, 0.3) is 0 Å². The molecule has 0 radical (unpaired) electrons. The minimum Gasteiger partial charge on any atom is -0.245 e. The lowest BCUT2D eigenvalue weighted by Crippen LogP contribution is -2.47. The van der Waals surface area contributed by atoms with Crippen LogP contribution in [0.1, 0.15) is 39.3 Å². The largest absolute Gasteiger partial charge is 0.352 e. The molecule has 0 saturated heterocycles. The molecule has 1 aliphatic heterocycles. The third-order valence-electron chi connectivity index (χ3n) is 8.54. The second-order valence-corrected chi connectivity index (χ2v) is 8.40. The molecule has 118 valence electrons. The number of nitrogens with zero attached hydrogens (tertiary/aromatic N) is 3. The molecular formula is C18H19N3O2. The molecule has 6 rings (SSSR count). The van der Waals surface area contributed by atoms with Gasteiger partial charge in [-0.15, -0.1) is 0 Å². The van der Waals surface area contributed by atoms with E-state index in [0.29, 0.717) is 17.0 Å². The molecule has 0 spiro atoms. The summed E-state index contributed by atoms with van der Waals surface area (Å²) < 4.78 is 4.92. The molecule has 2 heterocycles. The van der Waals surface area contributed by atoms with E-state index in [0.717, 1.165) is 6.42 Å². The Morgan fingerprint density at radius 2 is 1.61 bits per heavy atom. The standard InChI is InChI=1S/C18H19N3O2/c1-16-9-11-12-13(18(16,3)17(12,16)2)21-15(23)19(14(22)20(11)21)10-7-5-4-6-8-10/h4-8,11-13H,9H2,1-3H3/t11-,12+,13-,16-,17+,18-/m1/s1. The zero-order valence-electron chi connectivity index (χ0n) is 13.5. The second-order valence-electron chi connectivity index (χ2n) is 8.40. The van der Waals surface area contributed by atoms with E-state index in [1.807, 2.05) is 30.3 Å². The Morgan fingerprint density at radius 3 is 2.26 bits per heavy atom. The van der Waals surface area contributed by atoms with E-state index in [-0.39, 0.29) is 34.3 Å². The second kappa shape index (κ2) is 2.99. The third-order valence-corrected chi connectivity index (χ3v) is 8.54. The summed E-state index contributed by atoms with van der Waals surface area (Å²) in [6, 6.07) is 9.66. The average Bonchev–Trinajstić information content (AvgIpc) is 2.89. The minimum absolute atomic E-state index is 0.165. The maximum Gasteiger partial charge on any atom is 0.352 e. The van der Waals surface area contributed by atoms with Crippen LogP contribution in [0.25, 0.3) is 5.69 Å². The molecule has 0 amide bonds. The van der Waals surface area contributed by atoms with Crippen molar-refractivity contribution in [1.82, 2.24) is 13.9 Å². The summed E-state index contributed by atoms with van der Waals surface area (Å²) in [5.74, 6) is 0.461. The molecule has 1 aromatic heterocycles. The van der Waals surface area contributed by atoms with Gasteiger partial charge in [0.15, 0.2) is 0 Å². The van der Waals surface area contributed by atoms with Crippen LogP contribution in [-0.4, -0.2) is 13.9 Å². The van der Waals surface area contributed by atoms with Crippen molar-refractivity contribution >= 4 is 0 Å². The van der Waals surface area contributed by atoms with Gasteiger partial charge in [0, 0.05) is 11.3 Å². The van der Waals surface area contributed by atoms with Crippen molar-refractivity contribution in [1.29, 1.82) is 0 Å². The predicted molar refractivity (Wildman–Crippen MR) is 84.8 cm³/mol. The number of hydrogen-bond acceptors (Lipinski definition) is 2. The smallest absolute Gasteiger partial charge is 0.245 e. The molecule has 3 aliphatic carbocycles. The Hall–Kier alpha value is -2.04. The molecular weight excluding hydrogens is 290 g/mol. The summed E-state index contributed by atoms with van der Waals surface area (Å²) >= 11 is 0. The summed E-state index contributed by atoms with van der Waals surface area (Å²) in [4.78, 5) is 26.1. The summed E-state index contributed by atoms with van der Waals surface area (Å²) in [7, 11) is 0. The van der Waals surface area contributed by atoms with Gasteiger partial charge >= 0.3 is 11.4 Å². The van der Waals surface area contributed by atoms with Crippen LogP contribution in [0, 0.1) is 22.2 Å². The summed E-state index contributed by atoms with van der Waals surface area (Å²) in [5.41, 5.74) is 1.08. The molecule has 3 fully saturated rings. The van der Waals surface area contributed by atoms with Crippen molar-refractivity contribution in [2.24, 2.45) is 22.2 Å². The first-order valence-electron chi connectivity index (χ1n) is 8.41. The zero-order valence-corrected chi connectivity index (χ0v) is 13.5. The molecule has 4 aliphatic rings. The van der Waals surface area contributed by atoms with E-state index in [1.165, 1.54) is 4.57 Å². The van der Waals surface area contributed by atoms with Gasteiger partial charge in [-0.2, -0.15) is 0 Å². The van der Waals surface area contributed by atoms with Crippen LogP contribution in [0.15, 0.2) is 39.9 Å². The summed E-state index contributed by atoms with van der Waals surface area (Å²) in [6.07, 6.45) is 1.03. The van der Waals surface area contributed by atoms with Gasteiger partial charge in [-0.1, -0.05) is 39.0 Å². The average molecular weight is 309 g/mol. The highest BCUT2D eigenvalue weighted by Crippen LogP contribution is 3.02. The first-order chi connectivity index (χ1) is 10.9. The van der Waals surface area contributed by atoms with Gasteiger partial charge in [0.05, 0.1) is 17.8 Å². The van der Waals surface area contributed by atoms with E-state index in [9.17, 15) is 9.59 Å². The molecule has 5 heteroatoms. The van der Waals surface area contributed by atoms with Crippen LogP contribution in [0.5, 0.6) is 0 Å². The fourth-order valence-corrected chi connectivity index (χ4v) is 7.24. The summed E-state index contributed by atoms with van der Waals surface area (Å²) in [5, 5.41) is 0. The van der Waals surface area contributed by atoms with Gasteiger partial charge in [-0.05, 0) is 29.4 Å². The van der Waals surface area contributed by atoms with E-state index in [1.54, 1.807) is 9.36 Å². The van der Waals surface area contributed by atoms with E-state index < -0.39 is 0 Å². The quantitative estimate of drug-likeness (QED) is 0.808. The molecule has 5 nitrogen and oxygen atoms in total. The lowest BCUT2D eigenvalue weighted by atomic mass is 9.60. The predicted octanol–water partition coefficient (Wildman–Crippen LogP) is 1.96. The maximum absolute atomic E-state index is 13.1. The maximum atomic E-state index is 13.1. The Morgan fingerprint density at radius 1 is 0.957 bits per heavy atom. The molecule has 23 heavy (non-hydrogen) atoms. The summed E-state index contributed by atoms with van der Waals surface area (Å²) in [6.45, 7) is 7.03. The van der Waals surface area contributed by atoms with Crippen molar-refractivity contribution in [2.75, 3.05) is 0 Å². The van der Waals surface area contributed by atoms with Crippen molar-refractivity contribution in [3.8, 4) is 5.69 Å².